The molecule has 1 N–H and O–H groups in total. The Balaban J connectivity index is 1.73. The fourth-order valence-corrected chi connectivity index (χ4v) is 3.38. The van der Waals surface area contributed by atoms with Crippen LogP contribution in [0.2, 0.25) is 0 Å². The standard InChI is InChI=1S/C16H15N5O5S/c1-8-12(15(23)25-3)9(2)18-13(8)11(22)6-26-16(24)14-10(4-5-27-14)21-7-17-19-20-21/h4-5,7,18H,6H2,1-3H3. The van der Waals surface area contributed by atoms with Crippen molar-refractivity contribution in [3.05, 3.63) is 45.2 Å². The number of H-pyrrole nitrogens is 1. The fourth-order valence-electron chi connectivity index (χ4n) is 2.61. The summed E-state index contributed by atoms with van der Waals surface area (Å²) in [5.74, 6) is -1.67. The van der Waals surface area contributed by atoms with E-state index in [2.05, 4.69) is 20.5 Å². The zero-order chi connectivity index (χ0) is 19.6. The summed E-state index contributed by atoms with van der Waals surface area (Å²) in [7, 11) is 1.26. The Morgan fingerprint density at radius 1 is 1.26 bits per heavy atom. The smallest absolute Gasteiger partial charge is 0.351 e. The highest BCUT2D eigenvalue weighted by molar-refractivity contribution is 7.12. The van der Waals surface area contributed by atoms with Gasteiger partial charge in [0.25, 0.3) is 0 Å². The molecular formula is C16H15N5O5S. The van der Waals surface area contributed by atoms with Gasteiger partial charge < -0.3 is 14.5 Å². The number of carbonyl (C=O) groups excluding carboxylic acids is 3. The maximum atomic E-state index is 12.4. The van der Waals surface area contributed by atoms with Crippen molar-refractivity contribution >= 4 is 29.1 Å². The molecule has 0 aliphatic heterocycles. The van der Waals surface area contributed by atoms with E-state index in [1.807, 2.05) is 0 Å². The molecule has 3 aromatic heterocycles. The van der Waals surface area contributed by atoms with Crippen molar-refractivity contribution in [2.45, 2.75) is 13.8 Å². The van der Waals surface area contributed by atoms with Gasteiger partial charge in [-0.05, 0) is 41.3 Å². The molecule has 0 amide bonds. The van der Waals surface area contributed by atoms with E-state index in [1.54, 1.807) is 25.3 Å². The molecule has 0 aromatic carbocycles. The highest BCUT2D eigenvalue weighted by Gasteiger charge is 2.24. The van der Waals surface area contributed by atoms with Crippen molar-refractivity contribution in [1.82, 2.24) is 25.2 Å². The number of aromatic amines is 1. The van der Waals surface area contributed by atoms with Gasteiger partial charge in [0.05, 0.1) is 24.1 Å². The number of hydrogen-bond donors (Lipinski definition) is 1. The van der Waals surface area contributed by atoms with Crippen LogP contribution in [-0.2, 0) is 9.47 Å². The number of aryl methyl sites for hydroxylation is 1. The minimum Gasteiger partial charge on any atom is -0.465 e. The van der Waals surface area contributed by atoms with Crippen molar-refractivity contribution in [3.8, 4) is 5.69 Å². The van der Waals surface area contributed by atoms with Gasteiger partial charge in [-0.1, -0.05) is 0 Å². The van der Waals surface area contributed by atoms with Crippen LogP contribution in [0.15, 0.2) is 17.8 Å². The van der Waals surface area contributed by atoms with Gasteiger partial charge in [-0.3, -0.25) is 4.79 Å². The Kier molecular flexibility index (Phi) is 5.12. The largest absolute Gasteiger partial charge is 0.465 e. The lowest BCUT2D eigenvalue weighted by Crippen LogP contribution is -2.16. The lowest BCUT2D eigenvalue weighted by atomic mass is 10.1. The number of hydrogen-bond acceptors (Lipinski definition) is 9. The zero-order valence-corrected chi connectivity index (χ0v) is 15.5. The number of carbonyl (C=O) groups is 3. The third-order valence-electron chi connectivity index (χ3n) is 3.87. The first-order valence-corrected chi connectivity index (χ1v) is 8.60. The number of thiophene rings is 1. The molecule has 0 fully saturated rings. The van der Waals surface area contributed by atoms with Crippen LogP contribution < -0.4 is 0 Å². The molecule has 0 unspecified atom stereocenters. The van der Waals surface area contributed by atoms with Crippen molar-refractivity contribution < 1.29 is 23.9 Å². The summed E-state index contributed by atoms with van der Waals surface area (Å²) < 4.78 is 11.2. The Morgan fingerprint density at radius 3 is 2.70 bits per heavy atom. The second-order valence-corrected chi connectivity index (χ2v) is 6.42. The third kappa shape index (κ3) is 3.49. The lowest BCUT2D eigenvalue weighted by molar-refractivity contribution is 0.0477. The Hall–Kier alpha value is -3.34. The Morgan fingerprint density at radius 2 is 2.04 bits per heavy atom. The second-order valence-electron chi connectivity index (χ2n) is 5.51. The topological polar surface area (TPSA) is 129 Å². The molecule has 0 saturated carbocycles. The number of nitrogens with zero attached hydrogens (tertiary/aromatic N) is 4. The van der Waals surface area contributed by atoms with Crippen LogP contribution >= 0.6 is 11.3 Å². The Bertz CT molecular complexity index is 1000. The first kappa shape index (κ1) is 18.5. The first-order valence-electron chi connectivity index (χ1n) is 7.72. The molecule has 0 atom stereocenters. The van der Waals surface area contributed by atoms with Gasteiger partial charge in [0.1, 0.15) is 11.2 Å². The monoisotopic (exact) mass is 389 g/mol. The predicted molar refractivity (Wildman–Crippen MR) is 93.3 cm³/mol. The second kappa shape index (κ2) is 7.50. The number of ketones is 1. The average Bonchev–Trinajstić information content (AvgIpc) is 3.38. The summed E-state index contributed by atoms with van der Waals surface area (Å²) in [4.78, 5) is 39.7. The summed E-state index contributed by atoms with van der Waals surface area (Å²) in [5.41, 5.74) is 1.92. The lowest BCUT2D eigenvalue weighted by Gasteiger charge is -2.05. The number of esters is 2. The predicted octanol–water partition coefficient (Wildman–Crippen LogP) is 1.50. The summed E-state index contributed by atoms with van der Waals surface area (Å²) in [6.45, 7) is 2.80. The minimum absolute atomic E-state index is 0.201. The number of methoxy groups -OCH3 is 1. The molecule has 3 heterocycles. The number of nitrogens with one attached hydrogen (secondary N) is 1. The van der Waals surface area contributed by atoms with Crippen LogP contribution in [-0.4, -0.2) is 56.6 Å². The first-order chi connectivity index (χ1) is 12.9. The molecule has 0 saturated heterocycles. The van der Waals surface area contributed by atoms with Crippen molar-refractivity contribution in [2.24, 2.45) is 0 Å². The van der Waals surface area contributed by atoms with E-state index < -0.39 is 24.3 Å². The van der Waals surface area contributed by atoms with Crippen LogP contribution in [0, 0.1) is 13.8 Å². The molecular weight excluding hydrogens is 374 g/mol. The zero-order valence-electron chi connectivity index (χ0n) is 14.7. The summed E-state index contributed by atoms with van der Waals surface area (Å²) in [6.07, 6.45) is 1.35. The number of Topliss-reactive ketones (excluding diaryl/α,β-unsaturated/α-hetero) is 1. The molecule has 27 heavy (non-hydrogen) atoms. The summed E-state index contributed by atoms with van der Waals surface area (Å²) in [6, 6.07) is 1.67. The van der Waals surface area contributed by atoms with Gasteiger partial charge in [-0.25, -0.2) is 9.59 Å². The van der Waals surface area contributed by atoms with E-state index in [-0.39, 0.29) is 10.6 Å². The normalized spacial score (nSPS) is 10.6. The number of rotatable bonds is 6. The molecule has 10 nitrogen and oxygen atoms in total. The minimum atomic E-state index is -0.669. The van der Waals surface area contributed by atoms with E-state index >= 15 is 0 Å². The fraction of sp³-hybridized carbons (Fsp3) is 0.250. The summed E-state index contributed by atoms with van der Waals surface area (Å²) in [5, 5.41) is 12.5. The molecule has 140 valence electrons. The van der Waals surface area contributed by atoms with Gasteiger partial charge in [-0.2, -0.15) is 4.68 Å². The van der Waals surface area contributed by atoms with E-state index in [1.165, 1.54) is 18.1 Å². The van der Waals surface area contributed by atoms with Crippen LogP contribution in [0.5, 0.6) is 0 Å². The van der Waals surface area contributed by atoms with Crippen LogP contribution in [0.4, 0.5) is 0 Å². The van der Waals surface area contributed by atoms with Crippen LogP contribution in [0.25, 0.3) is 5.69 Å². The molecule has 0 aliphatic carbocycles. The molecule has 3 rings (SSSR count). The summed E-state index contributed by atoms with van der Waals surface area (Å²) >= 11 is 1.15. The SMILES string of the molecule is COC(=O)c1c(C)[nH]c(C(=O)COC(=O)c2sccc2-n2cnnn2)c1C. The van der Waals surface area contributed by atoms with Crippen LogP contribution in [0.3, 0.4) is 0 Å². The maximum absolute atomic E-state index is 12.4. The molecule has 0 radical (unpaired) electrons. The molecule has 11 heteroatoms. The van der Waals surface area contributed by atoms with Gasteiger partial charge in [0.15, 0.2) is 6.61 Å². The van der Waals surface area contributed by atoms with Crippen LogP contribution in [0.1, 0.15) is 41.8 Å². The molecule has 0 aliphatic rings. The van der Waals surface area contributed by atoms with Gasteiger partial charge in [-0.15, -0.1) is 16.4 Å². The van der Waals surface area contributed by atoms with E-state index in [4.69, 9.17) is 9.47 Å². The third-order valence-corrected chi connectivity index (χ3v) is 4.75. The number of aromatic nitrogens is 5. The van der Waals surface area contributed by atoms with E-state index in [0.717, 1.165) is 11.3 Å². The van der Waals surface area contributed by atoms with Gasteiger partial charge >= 0.3 is 11.9 Å². The molecule has 0 bridgehead atoms. The highest BCUT2D eigenvalue weighted by Crippen LogP contribution is 2.22. The van der Waals surface area contributed by atoms with E-state index in [0.29, 0.717) is 22.5 Å². The average molecular weight is 389 g/mol. The maximum Gasteiger partial charge on any atom is 0.351 e. The van der Waals surface area contributed by atoms with Crippen molar-refractivity contribution in [2.75, 3.05) is 13.7 Å². The molecule has 3 aromatic rings. The highest BCUT2D eigenvalue weighted by atomic mass is 32.1. The van der Waals surface area contributed by atoms with Crippen molar-refractivity contribution in [3.63, 3.8) is 0 Å². The molecule has 0 spiro atoms. The van der Waals surface area contributed by atoms with Gasteiger partial charge in [0, 0.05) is 5.69 Å². The van der Waals surface area contributed by atoms with Crippen molar-refractivity contribution in [1.29, 1.82) is 0 Å². The quantitative estimate of drug-likeness (QED) is 0.496. The van der Waals surface area contributed by atoms with E-state index in [9.17, 15) is 14.4 Å². The Labute approximate surface area is 157 Å². The number of ether oxygens (including phenoxy) is 2. The van der Waals surface area contributed by atoms with Gasteiger partial charge in [0.2, 0.25) is 5.78 Å². The number of tetrazole rings is 1.